The van der Waals surface area contributed by atoms with Crippen LogP contribution in [0.4, 0.5) is 11.4 Å². The normalized spacial score (nSPS) is 14.6. The Hall–Kier alpha value is -2.29. The quantitative estimate of drug-likeness (QED) is 0.798. The fourth-order valence-corrected chi connectivity index (χ4v) is 2.79. The topological polar surface area (TPSA) is 23.6 Å². The molecule has 0 saturated carbocycles. The Kier molecular flexibility index (Phi) is 3.65. The first kappa shape index (κ1) is 13.7. The SMILES string of the molecule is Cc1ccc(C(=O)N2CCCN(C)c3ccccc32)cc1. The zero-order valence-corrected chi connectivity index (χ0v) is 12.5. The lowest BCUT2D eigenvalue weighted by Crippen LogP contribution is -2.31. The molecule has 2 aromatic rings. The molecule has 0 aromatic heterocycles. The minimum Gasteiger partial charge on any atom is -0.373 e. The van der Waals surface area contributed by atoms with Crippen LogP contribution in [0, 0.1) is 6.92 Å². The Bertz CT molecular complexity index is 649. The van der Waals surface area contributed by atoms with E-state index in [2.05, 4.69) is 18.0 Å². The summed E-state index contributed by atoms with van der Waals surface area (Å²) in [4.78, 5) is 17.0. The zero-order chi connectivity index (χ0) is 14.8. The third kappa shape index (κ3) is 2.64. The van der Waals surface area contributed by atoms with E-state index in [0.717, 1.165) is 36.4 Å². The van der Waals surface area contributed by atoms with E-state index >= 15 is 0 Å². The van der Waals surface area contributed by atoms with Crippen LogP contribution in [-0.4, -0.2) is 26.0 Å². The maximum Gasteiger partial charge on any atom is 0.258 e. The minimum atomic E-state index is 0.0813. The van der Waals surface area contributed by atoms with E-state index in [4.69, 9.17) is 0 Å². The Labute approximate surface area is 125 Å². The minimum absolute atomic E-state index is 0.0813. The molecule has 0 radical (unpaired) electrons. The van der Waals surface area contributed by atoms with E-state index in [0.29, 0.717) is 0 Å². The second-order valence-corrected chi connectivity index (χ2v) is 5.59. The molecule has 1 aliphatic heterocycles. The van der Waals surface area contributed by atoms with Gasteiger partial charge in [-0.05, 0) is 37.6 Å². The van der Waals surface area contributed by atoms with Crippen LogP contribution in [0.3, 0.4) is 0 Å². The summed E-state index contributed by atoms with van der Waals surface area (Å²) in [6, 6.07) is 15.9. The van der Waals surface area contributed by atoms with Crippen molar-refractivity contribution in [1.29, 1.82) is 0 Å². The van der Waals surface area contributed by atoms with Gasteiger partial charge in [-0.3, -0.25) is 4.79 Å². The van der Waals surface area contributed by atoms with Crippen molar-refractivity contribution in [3.05, 3.63) is 59.7 Å². The van der Waals surface area contributed by atoms with Crippen molar-refractivity contribution in [3.8, 4) is 0 Å². The highest BCUT2D eigenvalue weighted by Crippen LogP contribution is 2.32. The molecular weight excluding hydrogens is 260 g/mol. The van der Waals surface area contributed by atoms with Gasteiger partial charge in [-0.15, -0.1) is 0 Å². The number of anilines is 2. The van der Waals surface area contributed by atoms with Gasteiger partial charge in [0.2, 0.25) is 0 Å². The molecule has 0 spiro atoms. The van der Waals surface area contributed by atoms with Crippen molar-refractivity contribution in [3.63, 3.8) is 0 Å². The van der Waals surface area contributed by atoms with Gasteiger partial charge in [0.05, 0.1) is 11.4 Å². The summed E-state index contributed by atoms with van der Waals surface area (Å²) in [6.07, 6.45) is 0.975. The Morgan fingerprint density at radius 1 is 0.952 bits per heavy atom. The molecule has 21 heavy (non-hydrogen) atoms. The lowest BCUT2D eigenvalue weighted by atomic mass is 10.1. The number of fused-ring (bicyclic) bond motifs is 1. The molecule has 0 atom stereocenters. The average Bonchev–Trinajstić information content (AvgIpc) is 2.67. The van der Waals surface area contributed by atoms with Gasteiger partial charge in [0, 0.05) is 25.7 Å². The van der Waals surface area contributed by atoms with E-state index in [1.807, 2.05) is 54.3 Å². The number of amides is 1. The van der Waals surface area contributed by atoms with E-state index in [9.17, 15) is 4.79 Å². The summed E-state index contributed by atoms with van der Waals surface area (Å²) in [5.41, 5.74) is 4.04. The van der Waals surface area contributed by atoms with Crippen molar-refractivity contribution in [2.24, 2.45) is 0 Å². The number of benzene rings is 2. The number of aryl methyl sites for hydroxylation is 1. The van der Waals surface area contributed by atoms with Crippen LogP contribution in [0.5, 0.6) is 0 Å². The van der Waals surface area contributed by atoms with Gasteiger partial charge in [-0.2, -0.15) is 0 Å². The molecule has 0 bridgehead atoms. The van der Waals surface area contributed by atoms with Crippen LogP contribution in [0.2, 0.25) is 0 Å². The lowest BCUT2D eigenvalue weighted by Gasteiger charge is -2.24. The first-order valence-corrected chi connectivity index (χ1v) is 7.35. The Balaban J connectivity index is 1.99. The largest absolute Gasteiger partial charge is 0.373 e. The summed E-state index contributed by atoms with van der Waals surface area (Å²) in [5, 5.41) is 0. The predicted octanol–water partition coefficient (Wildman–Crippen LogP) is 3.48. The molecule has 0 aliphatic carbocycles. The molecule has 3 rings (SSSR count). The number of hydrogen-bond acceptors (Lipinski definition) is 2. The van der Waals surface area contributed by atoms with Gasteiger partial charge >= 0.3 is 0 Å². The van der Waals surface area contributed by atoms with Crippen molar-refractivity contribution in [2.75, 3.05) is 29.9 Å². The molecule has 0 fully saturated rings. The number of hydrogen-bond donors (Lipinski definition) is 0. The first-order chi connectivity index (χ1) is 10.2. The summed E-state index contributed by atoms with van der Waals surface area (Å²) in [7, 11) is 2.08. The fraction of sp³-hybridized carbons (Fsp3) is 0.278. The standard InChI is InChI=1S/C18H20N2O/c1-14-8-10-15(11-9-14)18(21)20-13-5-12-19(2)16-6-3-4-7-17(16)20/h3-4,6-11H,5,12-13H2,1-2H3. The molecule has 3 heteroatoms. The summed E-state index contributed by atoms with van der Waals surface area (Å²) in [6.45, 7) is 3.76. The third-order valence-electron chi connectivity index (χ3n) is 4.00. The van der Waals surface area contributed by atoms with Crippen molar-refractivity contribution >= 4 is 17.3 Å². The lowest BCUT2D eigenvalue weighted by molar-refractivity contribution is 0.0987. The Morgan fingerprint density at radius 3 is 2.33 bits per heavy atom. The van der Waals surface area contributed by atoms with Crippen LogP contribution in [0.1, 0.15) is 22.3 Å². The molecule has 0 unspecified atom stereocenters. The fourth-order valence-electron chi connectivity index (χ4n) is 2.79. The highest BCUT2D eigenvalue weighted by Gasteiger charge is 2.23. The Morgan fingerprint density at radius 2 is 1.62 bits per heavy atom. The predicted molar refractivity (Wildman–Crippen MR) is 87.2 cm³/mol. The summed E-state index contributed by atoms with van der Waals surface area (Å²) >= 11 is 0. The van der Waals surface area contributed by atoms with Gasteiger partial charge < -0.3 is 9.80 Å². The second-order valence-electron chi connectivity index (χ2n) is 5.59. The summed E-state index contributed by atoms with van der Waals surface area (Å²) < 4.78 is 0. The van der Waals surface area contributed by atoms with Crippen LogP contribution < -0.4 is 9.80 Å². The van der Waals surface area contributed by atoms with E-state index in [1.54, 1.807) is 0 Å². The number of para-hydroxylation sites is 2. The highest BCUT2D eigenvalue weighted by atomic mass is 16.2. The third-order valence-corrected chi connectivity index (χ3v) is 4.00. The molecule has 3 nitrogen and oxygen atoms in total. The van der Waals surface area contributed by atoms with Gasteiger partial charge in [-0.25, -0.2) is 0 Å². The van der Waals surface area contributed by atoms with Crippen molar-refractivity contribution in [2.45, 2.75) is 13.3 Å². The molecule has 0 N–H and O–H groups in total. The first-order valence-electron chi connectivity index (χ1n) is 7.35. The van der Waals surface area contributed by atoms with Crippen LogP contribution in [0.25, 0.3) is 0 Å². The second kappa shape index (κ2) is 5.60. The molecular formula is C18H20N2O. The molecule has 0 saturated heterocycles. The number of rotatable bonds is 1. The average molecular weight is 280 g/mol. The molecule has 1 amide bonds. The smallest absolute Gasteiger partial charge is 0.258 e. The molecule has 1 aliphatic rings. The number of carbonyl (C=O) groups is 1. The molecule has 2 aromatic carbocycles. The van der Waals surface area contributed by atoms with Gasteiger partial charge in [0.25, 0.3) is 5.91 Å². The van der Waals surface area contributed by atoms with E-state index in [1.165, 1.54) is 5.56 Å². The van der Waals surface area contributed by atoms with Gasteiger partial charge in [0.15, 0.2) is 0 Å². The highest BCUT2D eigenvalue weighted by molar-refractivity contribution is 6.08. The summed E-state index contributed by atoms with van der Waals surface area (Å²) in [5.74, 6) is 0.0813. The molecule has 108 valence electrons. The van der Waals surface area contributed by atoms with Gasteiger partial charge in [-0.1, -0.05) is 29.8 Å². The van der Waals surface area contributed by atoms with E-state index < -0.39 is 0 Å². The zero-order valence-electron chi connectivity index (χ0n) is 12.5. The van der Waals surface area contributed by atoms with Crippen LogP contribution >= 0.6 is 0 Å². The maximum absolute atomic E-state index is 12.8. The maximum atomic E-state index is 12.8. The van der Waals surface area contributed by atoms with Crippen LogP contribution in [0.15, 0.2) is 48.5 Å². The van der Waals surface area contributed by atoms with Gasteiger partial charge in [0.1, 0.15) is 0 Å². The molecule has 1 heterocycles. The number of nitrogens with zero attached hydrogens (tertiary/aromatic N) is 2. The van der Waals surface area contributed by atoms with Crippen molar-refractivity contribution < 1.29 is 4.79 Å². The van der Waals surface area contributed by atoms with Crippen LogP contribution in [-0.2, 0) is 0 Å². The van der Waals surface area contributed by atoms with E-state index in [-0.39, 0.29) is 5.91 Å². The van der Waals surface area contributed by atoms with Crippen molar-refractivity contribution in [1.82, 2.24) is 0 Å². The monoisotopic (exact) mass is 280 g/mol. The number of carbonyl (C=O) groups excluding carboxylic acids is 1.